The number of aryl methyl sites for hydroxylation is 1. The maximum atomic E-state index is 12.9. The van der Waals surface area contributed by atoms with Crippen LogP contribution >= 0.6 is 0 Å². The van der Waals surface area contributed by atoms with E-state index in [-0.39, 0.29) is 24.2 Å². The van der Waals surface area contributed by atoms with Crippen molar-refractivity contribution >= 4 is 10.0 Å². The van der Waals surface area contributed by atoms with Crippen molar-refractivity contribution in [2.75, 3.05) is 0 Å². The van der Waals surface area contributed by atoms with E-state index in [1.165, 1.54) is 5.06 Å². The number of benzene rings is 1. The number of hydrogen-bond donors (Lipinski definition) is 0. The zero-order valence-electron chi connectivity index (χ0n) is 12.0. The maximum absolute atomic E-state index is 12.9. The number of piperidine rings is 4. The molecule has 4 aliphatic heterocycles. The normalized spacial score (nSPS) is 36.3. The first-order valence-corrected chi connectivity index (χ1v) is 8.96. The van der Waals surface area contributed by atoms with Crippen LogP contribution in [0.3, 0.4) is 0 Å². The van der Waals surface area contributed by atoms with E-state index in [0.29, 0.717) is 30.6 Å². The van der Waals surface area contributed by atoms with Gasteiger partial charge in [-0.05, 0) is 44.7 Å². The van der Waals surface area contributed by atoms with E-state index in [9.17, 15) is 13.6 Å². The van der Waals surface area contributed by atoms with Crippen LogP contribution in [-0.4, -0.2) is 42.0 Å². The molecular weight excluding hydrogens is 288 g/mol. The summed E-state index contributed by atoms with van der Waals surface area (Å²) in [6, 6.07) is 7.11. The van der Waals surface area contributed by atoms with Crippen LogP contribution in [0.25, 0.3) is 0 Å². The lowest BCUT2D eigenvalue weighted by molar-refractivity contribution is -0.0468. The Hall–Kier alpha value is -0.950. The molecule has 1 aromatic carbocycles. The zero-order valence-corrected chi connectivity index (χ0v) is 12.8. The van der Waals surface area contributed by atoms with Crippen molar-refractivity contribution in [1.29, 1.82) is 0 Å². The Morgan fingerprint density at radius 1 is 0.952 bits per heavy atom. The van der Waals surface area contributed by atoms with Crippen molar-refractivity contribution in [3.8, 4) is 0 Å². The van der Waals surface area contributed by atoms with Gasteiger partial charge >= 0.3 is 0 Å². The smallest absolute Gasteiger partial charge is 0.243 e. The second kappa shape index (κ2) is 4.52. The van der Waals surface area contributed by atoms with Gasteiger partial charge in [-0.25, -0.2) is 8.42 Å². The van der Waals surface area contributed by atoms with E-state index in [2.05, 4.69) is 0 Å². The molecule has 4 bridgehead atoms. The lowest BCUT2D eigenvalue weighted by Gasteiger charge is -2.63. The van der Waals surface area contributed by atoms with E-state index in [1.807, 2.05) is 19.1 Å². The predicted molar refractivity (Wildman–Crippen MR) is 79.0 cm³/mol. The molecule has 0 unspecified atom stereocenters. The van der Waals surface area contributed by atoms with E-state index < -0.39 is 10.0 Å². The molecule has 6 heteroatoms. The molecule has 4 fully saturated rings. The second-order valence-electron chi connectivity index (χ2n) is 6.57. The van der Waals surface area contributed by atoms with Crippen molar-refractivity contribution in [3.63, 3.8) is 0 Å². The molecule has 0 saturated carbocycles. The van der Waals surface area contributed by atoms with Gasteiger partial charge in [-0.15, -0.1) is 0 Å². The van der Waals surface area contributed by atoms with Crippen LogP contribution in [-0.2, 0) is 10.0 Å². The van der Waals surface area contributed by atoms with Crippen molar-refractivity contribution in [2.24, 2.45) is 0 Å². The fourth-order valence-electron chi connectivity index (χ4n) is 4.29. The summed E-state index contributed by atoms with van der Waals surface area (Å²) < 4.78 is 27.6. The molecule has 5 nitrogen and oxygen atoms in total. The first kappa shape index (κ1) is 13.7. The maximum Gasteiger partial charge on any atom is 0.243 e. The van der Waals surface area contributed by atoms with Gasteiger partial charge in [0.2, 0.25) is 10.0 Å². The van der Waals surface area contributed by atoms with Gasteiger partial charge in [-0.2, -0.15) is 4.31 Å². The summed E-state index contributed by atoms with van der Waals surface area (Å²) in [5, 5.41) is 13.2. The molecule has 0 atom stereocenters. The highest BCUT2D eigenvalue weighted by molar-refractivity contribution is 7.89. The molecule has 0 radical (unpaired) electrons. The molecule has 4 aliphatic rings. The molecule has 114 valence electrons. The Morgan fingerprint density at radius 3 is 1.90 bits per heavy atom. The van der Waals surface area contributed by atoms with Crippen molar-refractivity contribution in [1.82, 2.24) is 9.37 Å². The molecule has 4 saturated heterocycles. The Balaban J connectivity index is 1.69. The third-order valence-electron chi connectivity index (χ3n) is 5.21. The minimum atomic E-state index is -3.45. The first-order chi connectivity index (χ1) is 9.96. The molecule has 0 spiro atoms. The van der Waals surface area contributed by atoms with Crippen molar-refractivity contribution < 1.29 is 8.42 Å². The highest BCUT2D eigenvalue weighted by Gasteiger charge is 2.52. The summed E-state index contributed by atoms with van der Waals surface area (Å²) in [7, 11) is -3.45. The minimum Gasteiger partial charge on any atom is -0.785 e. The van der Waals surface area contributed by atoms with Crippen LogP contribution < -0.4 is 0 Å². The molecule has 0 aromatic heterocycles. The molecule has 5 rings (SSSR count). The number of rotatable bonds is 2. The summed E-state index contributed by atoms with van der Waals surface area (Å²) in [5.74, 6) is 0. The Kier molecular flexibility index (Phi) is 2.95. The van der Waals surface area contributed by atoms with Gasteiger partial charge in [-0.1, -0.05) is 17.7 Å². The largest absolute Gasteiger partial charge is 0.785 e. The molecule has 21 heavy (non-hydrogen) atoms. The molecule has 1 aromatic rings. The van der Waals surface area contributed by atoms with Crippen LogP contribution in [0.2, 0.25) is 0 Å². The van der Waals surface area contributed by atoms with Crippen molar-refractivity contribution in [3.05, 3.63) is 35.0 Å². The molecular formula is C15H19N2O3S-. The quantitative estimate of drug-likeness (QED) is 0.836. The number of nitrogens with zero attached hydrogens (tertiary/aromatic N) is 2. The summed E-state index contributed by atoms with van der Waals surface area (Å²) in [6.07, 6.45) is 2.73. The first-order valence-electron chi connectivity index (χ1n) is 7.52. The van der Waals surface area contributed by atoms with E-state index in [1.54, 1.807) is 16.4 Å². The minimum absolute atomic E-state index is 0.00371. The SMILES string of the molecule is Cc1ccc(S(=O)(=O)N2C3CC4CC2CC(C3)N4[O-])cc1. The van der Waals surface area contributed by atoms with Gasteiger partial charge < -0.3 is 10.3 Å². The Bertz CT molecular complexity index is 626. The summed E-state index contributed by atoms with van der Waals surface area (Å²) >= 11 is 0. The van der Waals surface area contributed by atoms with Gasteiger partial charge in [0.05, 0.1) is 4.90 Å². The van der Waals surface area contributed by atoms with Gasteiger partial charge in [0.25, 0.3) is 0 Å². The summed E-state index contributed by atoms with van der Waals surface area (Å²) in [4.78, 5) is 0.375. The van der Waals surface area contributed by atoms with Gasteiger partial charge in [0, 0.05) is 24.2 Å². The lowest BCUT2D eigenvalue weighted by Crippen LogP contribution is -2.68. The lowest BCUT2D eigenvalue weighted by atomic mass is 9.76. The van der Waals surface area contributed by atoms with Crippen LogP contribution in [0.5, 0.6) is 0 Å². The zero-order chi connectivity index (χ0) is 14.8. The fraction of sp³-hybridized carbons (Fsp3) is 0.600. The average Bonchev–Trinajstić information content (AvgIpc) is 2.43. The summed E-state index contributed by atoms with van der Waals surface area (Å²) in [5.41, 5.74) is 1.05. The van der Waals surface area contributed by atoms with Crippen LogP contribution in [0.15, 0.2) is 29.2 Å². The molecule has 0 N–H and O–H groups in total. The van der Waals surface area contributed by atoms with Crippen LogP contribution in [0.4, 0.5) is 0 Å². The Morgan fingerprint density at radius 2 is 1.43 bits per heavy atom. The predicted octanol–water partition coefficient (Wildman–Crippen LogP) is 1.86. The van der Waals surface area contributed by atoms with Gasteiger partial charge in [0.15, 0.2) is 0 Å². The third kappa shape index (κ3) is 1.97. The topological polar surface area (TPSA) is 63.7 Å². The second-order valence-corrected chi connectivity index (χ2v) is 8.41. The monoisotopic (exact) mass is 307 g/mol. The molecule has 4 heterocycles. The highest BCUT2D eigenvalue weighted by Crippen LogP contribution is 2.46. The number of sulfonamides is 1. The average molecular weight is 307 g/mol. The van der Waals surface area contributed by atoms with E-state index in [4.69, 9.17) is 0 Å². The third-order valence-corrected chi connectivity index (χ3v) is 7.23. The summed E-state index contributed by atoms with van der Waals surface area (Å²) in [6.45, 7) is 1.95. The van der Waals surface area contributed by atoms with E-state index in [0.717, 1.165) is 5.56 Å². The fourth-order valence-corrected chi connectivity index (χ4v) is 6.15. The highest BCUT2D eigenvalue weighted by atomic mass is 32.2. The van der Waals surface area contributed by atoms with Crippen LogP contribution in [0.1, 0.15) is 31.2 Å². The molecule has 0 amide bonds. The van der Waals surface area contributed by atoms with Gasteiger partial charge in [-0.3, -0.25) is 0 Å². The Labute approximate surface area is 125 Å². The standard InChI is InChI=1S/C15H19N2O3S/c1-10-2-4-15(5-3-10)21(19,20)17-13-6-11-7-14(17)9-12(8-13)16(11)18/h2-5,11-14H,6-9H2,1H3/q-1. The number of hydroxylamine groups is 2. The van der Waals surface area contributed by atoms with E-state index >= 15 is 0 Å². The van der Waals surface area contributed by atoms with Gasteiger partial charge in [0.1, 0.15) is 0 Å². The molecule has 0 aliphatic carbocycles. The van der Waals surface area contributed by atoms with Crippen LogP contribution in [0, 0.1) is 12.1 Å². The van der Waals surface area contributed by atoms with Crippen molar-refractivity contribution in [2.45, 2.75) is 61.7 Å². The number of hydrogen-bond acceptors (Lipinski definition) is 4.